The van der Waals surface area contributed by atoms with E-state index in [4.69, 9.17) is 14.0 Å². The predicted octanol–water partition coefficient (Wildman–Crippen LogP) is 4.60. The number of hydrogen-bond acceptors (Lipinski definition) is 6. The van der Waals surface area contributed by atoms with E-state index in [1.807, 2.05) is 36.4 Å². The van der Waals surface area contributed by atoms with Crippen LogP contribution in [0.1, 0.15) is 0 Å². The molecule has 8 heteroatoms. The molecule has 0 aliphatic carbocycles. The van der Waals surface area contributed by atoms with E-state index in [9.17, 15) is 8.78 Å². The molecule has 2 aromatic carbocycles. The molecule has 0 aliphatic rings. The van der Waals surface area contributed by atoms with Gasteiger partial charge < -0.3 is 14.0 Å². The summed E-state index contributed by atoms with van der Waals surface area (Å²) in [4.78, 5) is 7.96. The fourth-order valence-electron chi connectivity index (χ4n) is 2.97. The smallest absolute Gasteiger partial charge is 0.272 e. The third-order valence-corrected chi connectivity index (χ3v) is 4.17. The van der Waals surface area contributed by atoms with Crippen LogP contribution in [-0.4, -0.2) is 35.3 Å². The van der Waals surface area contributed by atoms with E-state index in [1.54, 1.807) is 13.2 Å². The molecule has 0 aliphatic heterocycles. The van der Waals surface area contributed by atoms with Gasteiger partial charge in [-0.25, -0.2) is 18.7 Å². The molecular formula is C20H15F2N3O3. The van der Waals surface area contributed by atoms with Crippen molar-refractivity contribution in [2.45, 2.75) is 6.43 Å². The van der Waals surface area contributed by atoms with Gasteiger partial charge in [-0.05, 0) is 18.2 Å². The van der Waals surface area contributed by atoms with Gasteiger partial charge in [0.25, 0.3) is 6.43 Å². The normalized spacial score (nSPS) is 11.1. The molecule has 0 fully saturated rings. The van der Waals surface area contributed by atoms with Gasteiger partial charge in [0, 0.05) is 17.3 Å². The summed E-state index contributed by atoms with van der Waals surface area (Å²) in [5.41, 5.74) is 2.90. The van der Waals surface area contributed by atoms with Gasteiger partial charge in [0.15, 0.2) is 12.2 Å². The Morgan fingerprint density at radius 1 is 1.04 bits per heavy atom. The molecule has 0 saturated carbocycles. The maximum atomic E-state index is 12.6. The molecule has 142 valence electrons. The molecule has 0 bridgehead atoms. The van der Waals surface area contributed by atoms with Crippen LogP contribution in [0.15, 0.2) is 59.5 Å². The van der Waals surface area contributed by atoms with Crippen LogP contribution < -0.4 is 9.47 Å². The number of alkyl halides is 2. The van der Waals surface area contributed by atoms with Crippen LogP contribution in [0.4, 0.5) is 8.78 Å². The minimum absolute atomic E-state index is 0.0537. The van der Waals surface area contributed by atoms with E-state index in [0.29, 0.717) is 28.2 Å². The van der Waals surface area contributed by atoms with E-state index in [2.05, 4.69) is 15.1 Å². The molecule has 4 rings (SSSR count). The van der Waals surface area contributed by atoms with Crippen LogP contribution in [0.5, 0.6) is 11.6 Å². The minimum atomic E-state index is -2.61. The Bertz CT molecular complexity index is 1110. The zero-order valence-corrected chi connectivity index (χ0v) is 14.8. The highest BCUT2D eigenvalue weighted by atomic mass is 19.3. The van der Waals surface area contributed by atoms with Crippen LogP contribution in [-0.2, 0) is 0 Å². The number of hydrogen-bond donors (Lipinski definition) is 0. The largest absolute Gasteiger partial charge is 0.496 e. The summed E-state index contributed by atoms with van der Waals surface area (Å²) in [6, 6.07) is 12.9. The summed E-state index contributed by atoms with van der Waals surface area (Å²) in [5, 5.41) is 4.95. The second kappa shape index (κ2) is 7.59. The summed E-state index contributed by atoms with van der Waals surface area (Å²) >= 11 is 0. The number of para-hydroxylation sites is 2. The van der Waals surface area contributed by atoms with Gasteiger partial charge in [-0.1, -0.05) is 29.4 Å². The van der Waals surface area contributed by atoms with Gasteiger partial charge in [0.05, 0.1) is 18.1 Å². The molecule has 0 radical (unpaired) electrons. The number of nitrogens with zero attached hydrogens (tertiary/aromatic N) is 3. The Labute approximate surface area is 158 Å². The quantitative estimate of drug-likeness (QED) is 0.484. The molecule has 0 atom stereocenters. The molecule has 0 saturated heterocycles. The lowest BCUT2D eigenvalue weighted by atomic mass is 10.0. The number of methoxy groups -OCH3 is 1. The third kappa shape index (κ3) is 3.24. The zero-order chi connectivity index (χ0) is 19.5. The van der Waals surface area contributed by atoms with Gasteiger partial charge in [0.2, 0.25) is 5.88 Å². The summed E-state index contributed by atoms with van der Waals surface area (Å²) in [6.07, 6.45) is 0.125. The maximum absolute atomic E-state index is 12.6. The lowest BCUT2D eigenvalue weighted by Crippen LogP contribution is -2.09. The van der Waals surface area contributed by atoms with Crippen molar-refractivity contribution in [1.82, 2.24) is 15.1 Å². The van der Waals surface area contributed by atoms with Crippen LogP contribution in [0.25, 0.3) is 33.4 Å². The molecule has 0 N–H and O–H groups in total. The Balaban J connectivity index is 1.85. The lowest BCUT2D eigenvalue weighted by Gasteiger charge is -2.09. The van der Waals surface area contributed by atoms with Crippen molar-refractivity contribution in [2.75, 3.05) is 13.7 Å². The second-order valence-corrected chi connectivity index (χ2v) is 5.86. The number of benzene rings is 2. The summed E-state index contributed by atoms with van der Waals surface area (Å²) in [5.74, 6) is 0.713. The molecule has 0 amide bonds. The van der Waals surface area contributed by atoms with Crippen LogP contribution in [0.3, 0.4) is 0 Å². The average Bonchev–Trinajstić information content (AvgIpc) is 3.16. The maximum Gasteiger partial charge on any atom is 0.272 e. The van der Waals surface area contributed by atoms with Gasteiger partial charge in [-0.3, -0.25) is 0 Å². The van der Waals surface area contributed by atoms with Crippen molar-refractivity contribution < 1.29 is 22.8 Å². The Hall–Kier alpha value is -3.55. The third-order valence-electron chi connectivity index (χ3n) is 4.17. The molecule has 6 nitrogen and oxygen atoms in total. The number of ether oxygens (including phenoxy) is 2. The Morgan fingerprint density at radius 3 is 2.68 bits per heavy atom. The minimum Gasteiger partial charge on any atom is -0.496 e. The molecule has 28 heavy (non-hydrogen) atoms. The standard InChI is InChI=1S/C20H15F2N3O3/c1-26-16-8-3-2-5-13(16)18-14-7-4-6-12(19(14)28-25-18)15-9-23-11-24-20(15)27-10-17(21)22/h2-9,11,17H,10H2,1H3. The molecular weight excluding hydrogens is 368 g/mol. The number of aromatic nitrogens is 3. The van der Waals surface area contributed by atoms with Crippen LogP contribution in [0.2, 0.25) is 0 Å². The highest BCUT2D eigenvalue weighted by molar-refractivity contribution is 6.01. The second-order valence-electron chi connectivity index (χ2n) is 5.86. The van der Waals surface area contributed by atoms with Gasteiger partial charge in [0.1, 0.15) is 17.8 Å². The van der Waals surface area contributed by atoms with Crippen molar-refractivity contribution >= 4 is 11.0 Å². The highest BCUT2D eigenvalue weighted by Crippen LogP contribution is 2.39. The summed E-state index contributed by atoms with van der Waals surface area (Å²) < 4.78 is 41.3. The van der Waals surface area contributed by atoms with Crippen molar-refractivity contribution in [3.8, 4) is 34.0 Å². The van der Waals surface area contributed by atoms with E-state index in [0.717, 1.165) is 10.9 Å². The van der Waals surface area contributed by atoms with E-state index < -0.39 is 13.0 Å². The fraction of sp³-hybridized carbons (Fsp3) is 0.150. The Morgan fingerprint density at radius 2 is 1.86 bits per heavy atom. The van der Waals surface area contributed by atoms with Crippen molar-refractivity contribution in [3.05, 3.63) is 55.0 Å². The summed E-state index contributed by atoms with van der Waals surface area (Å²) in [7, 11) is 1.58. The Kier molecular flexibility index (Phi) is 4.84. The molecule has 0 unspecified atom stereocenters. The highest BCUT2D eigenvalue weighted by Gasteiger charge is 2.20. The van der Waals surface area contributed by atoms with Crippen LogP contribution >= 0.6 is 0 Å². The SMILES string of the molecule is COc1ccccc1-c1noc2c(-c3cncnc3OCC(F)F)cccc12. The monoisotopic (exact) mass is 383 g/mol. The number of halogens is 2. The predicted molar refractivity (Wildman–Crippen MR) is 98.5 cm³/mol. The van der Waals surface area contributed by atoms with E-state index in [-0.39, 0.29) is 5.88 Å². The summed E-state index contributed by atoms with van der Waals surface area (Å²) in [6.45, 7) is -0.761. The lowest BCUT2D eigenvalue weighted by molar-refractivity contribution is 0.0798. The van der Waals surface area contributed by atoms with Gasteiger partial charge in [-0.15, -0.1) is 0 Å². The molecule has 4 aromatic rings. The van der Waals surface area contributed by atoms with Crippen molar-refractivity contribution in [3.63, 3.8) is 0 Å². The van der Waals surface area contributed by atoms with Gasteiger partial charge >= 0.3 is 0 Å². The first-order chi connectivity index (χ1) is 13.7. The zero-order valence-electron chi connectivity index (χ0n) is 14.8. The molecule has 2 heterocycles. The molecule has 0 spiro atoms. The van der Waals surface area contributed by atoms with E-state index >= 15 is 0 Å². The van der Waals surface area contributed by atoms with Crippen LogP contribution in [0, 0.1) is 0 Å². The van der Waals surface area contributed by atoms with E-state index in [1.165, 1.54) is 12.5 Å². The number of rotatable bonds is 6. The topological polar surface area (TPSA) is 70.3 Å². The van der Waals surface area contributed by atoms with Gasteiger partial charge in [-0.2, -0.15) is 0 Å². The first kappa shape index (κ1) is 17.8. The first-order valence-corrected chi connectivity index (χ1v) is 8.42. The number of fused-ring (bicyclic) bond motifs is 1. The van der Waals surface area contributed by atoms with Crippen molar-refractivity contribution in [1.29, 1.82) is 0 Å². The molecule has 2 aromatic heterocycles. The van der Waals surface area contributed by atoms with Crippen molar-refractivity contribution in [2.24, 2.45) is 0 Å². The fourth-order valence-corrected chi connectivity index (χ4v) is 2.97. The first-order valence-electron chi connectivity index (χ1n) is 8.42. The average molecular weight is 383 g/mol.